The number of benzene rings is 1. The molecule has 0 aliphatic rings. The van der Waals surface area contributed by atoms with Crippen molar-refractivity contribution in [2.45, 2.75) is 25.6 Å². The van der Waals surface area contributed by atoms with Gasteiger partial charge < -0.3 is 5.32 Å². The van der Waals surface area contributed by atoms with Crippen molar-refractivity contribution in [1.82, 2.24) is 10.2 Å². The van der Waals surface area contributed by atoms with E-state index in [2.05, 4.69) is 5.32 Å². The van der Waals surface area contributed by atoms with Gasteiger partial charge >= 0.3 is 6.18 Å². The average molecular weight is 292 g/mol. The molecule has 0 spiro atoms. The van der Waals surface area contributed by atoms with E-state index >= 15 is 0 Å². The molecule has 1 aromatic rings. The van der Waals surface area contributed by atoms with Gasteiger partial charge in [-0.3, -0.25) is 4.90 Å². The number of nitrogens with zero attached hydrogens (tertiary/aromatic N) is 1. The molecule has 0 fully saturated rings. The zero-order chi connectivity index (χ0) is 15.2. The van der Waals surface area contributed by atoms with Crippen molar-refractivity contribution in [3.05, 3.63) is 35.6 Å². The molecule has 20 heavy (non-hydrogen) atoms. The summed E-state index contributed by atoms with van der Waals surface area (Å²) in [7, 11) is 1.72. The van der Waals surface area contributed by atoms with Crippen LogP contribution in [-0.2, 0) is 0 Å². The molecule has 1 aromatic carbocycles. The maximum Gasteiger partial charge on any atom is 0.401 e. The largest absolute Gasteiger partial charge is 0.401 e. The SMILES string of the molecule is CCN(CCC(NC)c1cccc(F)c1)CC(F)(F)F. The Morgan fingerprint density at radius 2 is 2.00 bits per heavy atom. The first-order chi connectivity index (χ1) is 9.35. The molecule has 0 heterocycles. The lowest BCUT2D eigenvalue weighted by atomic mass is 10.0. The maximum absolute atomic E-state index is 13.2. The monoisotopic (exact) mass is 292 g/mol. The Hall–Kier alpha value is -1.14. The van der Waals surface area contributed by atoms with Gasteiger partial charge in [-0.2, -0.15) is 13.2 Å². The van der Waals surface area contributed by atoms with Gasteiger partial charge in [-0.05, 0) is 37.7 Å². The summed E-state index contributed by atoms with van der Waals surface area (Å²) in [6.45, 7) is 1.42. The van der Waals surface area contributed by atoms with Crippen molar-refractivity contribution in [2.24, 2.45) is 0 Å². The molecule has 0 aliphatic carbocycles. The van der Waals surface area contributed by atoms with Gasteiger partial charge in [0, 0.05) is 12.6 Å². The van der Waals surface area contributed by atoms with Crippen LogP contribution in [-0.4, -0.2) is 37.8 Å². The molecule has 1 rings (SSSR count). The number of halogens is 4. The quantitative estimate of drug-likeness (QED) is 0.775. The van der Waals surface area contributed by atoms with Gasteiger partial charge in [0.25, 0.3) is 0 Å². The van der Waals surface area contributed by atoms with Gasteiger partial charge in [-0.25, -0.2) is 4.39 Å². The normalized spacial score (nSPS) is 13.8. The van der Waals surface area contributed by atoms with Gasteiger partial charge in [-0.1, -0.05) is 19.1 Å². The van der Waals surface area contributed by atoms with Crippen molar-refractivity contribution >= 4 is 0 Å². The molecule has 0 aromatic heterocycles. The highest BCUT2D eigenvalue weighted by molar-refractivity contribution is 5.20. The van der Waals surface area contributed by atoms with Gasteiger partial charge in [0.2, 0.25) is 0 Å². The van der Waals surface area contributed by atoms with Crippen LogP contribution in [0.2, 0.25) is 0 Å². The second kappa shape index (κ2) is 7.59. The van der Waals surface area contributed by atoms with Crippen LogP contribution in [0.3, 0.4) is 0 Å². The first-order valence-corrected chi connectivity index (χ1v) is 6.57. The lowest BCUT2D eigenvalue weighted by Gasteiger charge is -2.25. The average Bonchev–Trinajstić information content (AvgIpc) is 2.36. The molecule has 0 bridgehead atoms. The summed E-state index contributed by atoms with van der Waals surface area (Å²) in [6, 6.07) is 5.96. The Bertz CT molecular complexity index is 406. The fourth-order valence-corrected chi connectivity index (χ4v) is 2.12. The molecule has 1 atom stereocenters. The van der Waals surface area contributed by atoms with E-state index in [1.54, 1.807) is 26.1 Å². The molecule has 0 saturated heterocycles. The van der Waals surface area contributed by atoms with Crippen molar-refractivity contribution < 1.29 is 17.6 Å². The van der Waals surface area contributed by atoms with E-state index in [0.29, 0.717) is 19.5 Å². The van der Waals surface area contributed by atoms with E-state index in [4.69, 9.17) is 0 Å². The van der Waals surface area contributed by atoms with Gasteiger partial charge in [0.05, 0.1) is 6.54 Å². The van der Waals surface area contributed by atoms with Crippen LogP contribution in [0.15, 0.2) is 24.3 Å². The highest BCUT2D eigenvalue weighted by Crippen LogP contribution is 2.20. The van der Waals surface area contributed by atoms with Crippen LogP contribution in [0, 0.1) is 5.82 Å². The predicted molar refractivity (Wildman–Crippen MR) is 71.0 cm³/mol. The predicted octanol–water partition coefficient (Wildman–Crippen LogP) is 3.36. The number of rotatable bonds is 7. The number of hydrogen-bond acceptors (Lipinski definition) is 2. The van der Waals surface area contributed by atoms with Crippen LogP contribution in [0.25, 0.3) is 0 Å². The lowest BCUT2D eigenvalue weighted by molar-refractivity contribution is -0.145. The topological polar surface area (TPSA) is 15.3 Å². The van der Waals surface area contributed by atoms with Crippen LogP contribution in [0.4, 0.5) is 17.6 Å². The zero-order valence-corrected chi connectivity index (χ0v) is 11.7. The van der Waals surface area contributed by atoms with E-state index in [1.807, 2.05) is 0 Å². The molecule has 6 heteroatoms. The minimum absolute atomic E-state index is 0.159. The Labute approximate surface area is 116 Å². The molecular weight excluding hydrogens is 272 g/mol. The van der Waals surface area contributed by atoms with E-state index in [1.165, 1.54) is 17.0 Å². The molecule has 1 N–H and O–H groups in total. The molecule has 0 aliphatic heterocycles. The molecule has 0 amide bonds. The first-order valence-electron chi connectivity index (χ1n) is 6.57. The Balaban J connectivity index is 2.60. The van der Waals surface area contributed by atoms with Crippen molar-refractivity contribution in [3.63, 3.8) is 0 Å². The van der Waals surface area contributed by atoms with E-state index in [0.717, 1.165) is 5.56 Å². The Morgan fingerprint density at radius 1 is 1.30 bits per heavy atom. The van der Waals surface area contributed by atoms with Crippen molar-refractivity contribution in [1.29, 1.82) is 0 Å². The van der Waals surface area contributed by atoms with Crippen LogP contribution in [0.1, 0.15) is 24.9 Å². The van der Waals surface area contributed by atoms with Crippen LogP contribution >= 0.6 is 0 Å². The van der Waals surface area contributed by atoms with Crippen LogP contribution < -0.4 is 5.32 Å². The third-order valence-electron chi connectivity index (χ3n) is 3.18. The summed E-state index contributed by atoms with van der Waals surface area (Å²) in [5.74, 6) is -0.342. The molecule has 0 radical (unpaired) electrons. The third kappa shape index (κ3) is 5.88. The van der Waals surface area contributed by atoms with E-state index < -0.39 is 12.7 Å². The van der Waals surface area contributed by atoms with Gasteiger partial charge in [0.1, 0.15) is 5.82 Å². The van der Waals surface area contributed by atoms with E-state index in [-0.39, 0.29) is 11.9 Å². The molecule has 1 unspecified atom stereocenters. The first kappa shape index (κ1) is 16.9. The van der Waals surface area contributed by atoms with Crippen molar-refractivity contribution in [3.8, 4) is 0 Å². The Kier molecular flexibility index (Phi) is 6.42. The summed E-state index contributed by atoms with van der Waals surface area (Å²) in [5.41, 5.74) is 0.746. The highest BCUT2D eigenvalue weighted by Gasteiger charge is 2.30. The standard InChI is InChI=1S/C14H20F4N2/c1-3-20(10-14(16,17)18)8-7-13(19-2)11-5-4-6-12(15)9-11/h4-6,9,13,19H,3,7-8,10H2,1-2H3. The maximum atomic E-state index is 13.2. The lowest BCUT2D eigenvalue weighted by Crippen LogP contribution is -2.36. The second-order valence-corrected chi connectivity index (χ2v) is 4.67. The number of hydrogen-bond donors (Lipinski definition) is 1. The molecule has 0 saturated carbocycles. The molecule has 114 valence electrons. The van der Waals surface area contributed by atoms with E-state index in [9.17, 15) is 17.6 Å². The van der Waals surface area contributed by atoms with Gasteiger partial charge in [-0.15, -0.1) is 0 Å². The Morgan fingerprint density at radius 3 is 2.50 bits per heavy atom. The summed E-state index contributed by atoms with van der Waals surface area (Å²) >= 11 is 0. The van der Waals surface area contributed by atoms with Gasteiger partial charge in [0.15, 0.2) is 0 Å². The summed E-state index contributed by atoms with van der Waals surface area (Å²) in [4.78, 5) is 1.34. The second-order valence-electron chi connectivity index (χ2n) is 4.67. The summed E-state index contributed by atoms with van der Waals surface area (Å²) < 4.78 is 50.3. The van der Waals surface area contributed by atoms with Crippen LogP contribution in [0.5, 0.6) is 0 Å². The third-order valence-corrected chi connectivity index (χ3v) is 3.18. The minimum atomic E-state index is -4.19. The highest BCUT2D eigenvalue weighted by atomic mass is 19.4. The zero-order valence-electron chi connectivity index (χ0n) is 11.7. The summed E-state index contributed by atoms with van der Waals surface area (Å²) in [6.07, 6.45) is -3.70. The number of alkyl halides is 3. The molecular formula is C14H20F4N2. The fraction of sp³-hybridized carbons (Fsp3) is 0.571. The van der Waals surface area contributed by atoms with Crippen molar-refractivity contribution in [2.75, 3.05) is 26.7 Å². The molecule has 2 nitrogen and oxygen atoms in total. The summed E-state index contributed by atoms with van der Waals surface area (Å²) in [5, 5.41) is 3.01. The fourth-order valence-electron chi connectivity index (χ4n) is 2.12. The minimum Gasteiger partial charge on any atom is -0.313 e. The smallest absolute Gasteiger partial charge is 0.313 e. The number of nitrogens with one attached hydrogen (secondary N) is 1.